The molecular weight excluding hydrogens is 433 g/mol. The minimum Gasteiger partial charge on any atom is -0.492 e. The van der Waals surface area contributed by atoms with E-state index in [4.69, 9.17) is 44.2 Å². The number of rotatable bonds is 6. The van der Waals surface area contributed by atoms with Crippen LogP contribution >= 0.6 is 47.4 Å². The van der Waals surface area contributed by atoms with Crippen LogP contribution in [0.25, 0.3) is 0 Å². The third kappa shape index (κ3) is 5.26. The van der Waals surface area contributed by atoms with Gasteiger partial charge in [0.1, 0.15) is 10.8 Å². The summed E-state index contributed by atoms with van der Waals surface area (Å²) in [5, 5.41) is 2.48. The molecule has 0 atom stereocenters. The second-order valence-corrected chi connectivity index (χ2v) is 7.93. The first-order chi connectivity index (χ1) is 12.5. The average molecular weight is 455 g/mol. The van der Waals surface area contributed by atoms with E-state index in [2.05, 4.69) is 9.98 Å². The Kier molecular flexibility index (Phi) is 8.18. The summed E-state index contributed by atoms with van der Waals surface area (Å²) < 4.78 is 5.66. The molecule has 1 saturated heterocycles. The first kappa shape index (κ1) is 22.2. The fourth-order valence-electron chi connectivity index (χ4n) is 2.85. The number of halogens is 3. The maximum absolute atomic E-state index is 6.10. The van der Waals surface area contributed by atoms with Crippen LogP contribution in [0.2, 0.25) is 10.0 Å². The maximum Gasteiger partial charge on any atom is 0.226 e. The van der Waals surface area contributed by atoms with Gasteiger partial charge in [-0.15, -0.1) is 12.4 Å². The zero-order chi connectivity index (χ0) is 18.6. The molecule has 27 heavy (non-hydrogen) atoms. The van der Waals surface area contributed by atoms with Crippen molar-refractivity contribution >= 4 is 59.3 Å². The molecule has 4 N–H and O–H groups in total. The Morgan fingerprint density at radius 3 is 2.67 bits per heavy atom. The zero-order valence-corrected chi connectivity index (χ0v) is 17.7. The van der Waals surface area contributed by atoms with Crippen LogP contribution in [-0.2, 0) is 4.84 Å². The lowest BCUT2D eigenvalue weighted by Gasteiger charge is -2.43. The molecule has 2 aliphatic heterocycles. The van der Waals surface area contributed by atoms with Crippen LogP contribution < -0.4 is 16.2 Å². The van der Waals surface area contributed by atoms with Gasteiger partial charge in [0.15, 0.2) is 5.66 Å². The molecule has 7 nitrogen and oxygen atoms in total. The molecule has 1 fully saturated rings. The highest BCUT2D eigenvalue weighted by molar-refractivity contribution is 7.99. The average Bonchev–Trinajstić information content (AvgIpc) is 2.61. The number of hydrogen-bond donors (Lipinski definition) is 2. The van der Waals surface area contributed by atoms with E-state index in [1.165, 1.54) is 0 Å². The zero-order valence-electron chi connectivity index (χ0n) is 14.6. The van der Waals surface area contributed by atoms with Gasteiger partial charge in [-0.3, -0.25) is 4.84 Å². The molecule has 0 aliphatic carbocycles. The topological polar surface area (TPSA) is 98.5 Å². The Morgan fingerprint density at radius 2 is 1.93 bits per heavy atom. The molecule has 11 heteroatoms. The van der Waals surface area contributed by atoms with E-state index in [0.717, 1.165) is 24.3 Å². The van der Waals surface area contributed by atoms with Crippen molar-refractivity contribution in [1.29, 1.82) is 0 Å². The lowest BCUT2D eigenvalue weighted by Crippen LogP contribution is -2.58. The summed E-state index contributed by atoms with van der Waals surface area (Å²) in [7, 11) is 0. The van der Waals surface area contributed by atoms with E-state index < -0.39 is 5.66 Å². The van der Waals surface area contributed by atoms with Crippen molar-refractivity contribution in [2.45, 2.75) is 24.9 Å². The summed E-state index contributed by atoms with van der Waals surface area (Å²) in [4.78, 5) is 14.5. The van der Waals surface area contributed by atoms with Crippen molar-refractivity contribution < 1.29 is 9.57 Å². The van der Waals surface area contributed by atoms with Gasteiger partial charge >= 0.3 is 0 Å². The monoisotopic (exact) mass is 453 g/mol. The van der Waals surface area contributed by atoms with E-state index in [1.807, 2.05) is 11.8 Å². The fourth-order valence-corrected chi connectivity index (χ4v) is 4.34. The first-order valence-electron chi connectivity index (χ1n) is 8.29. The van der Waals surface area contributed by atoms with Crippen LogP contribution in [0.15, 0.2) is 28.2 Å². The number of hydroxylamine groups is 2. The number of nitrogens with two attached hydrogens (primary N) is 2. The minimum absolute atomic E-state index is 0. The van der Waals surface area contributed by atoms with Crippen molar-refractivity contribution in [3.8, 4) is 5.75 Å². The van der Waals surface area contributed by atoms with Crippen molar-refractivity contribution in [3.05, 3.63) is 28.2 Å². The van der Waals surface area contributed by atoms with Gasteiger partial charge in [-0.1, -0.05) is 29.3 Å². The van der Waals surface area contributed by atoms with Crippen molar-refractivity contribution in [3.63, 3.8) is 0 Å². The quantitative estimate of drug-likeness (QED) is 0.640. The summed E-state index contributed by atoms with van der Waals surface area (Å²) in [6, 6.07) is 5.28. The van der Waals surface area contributed by atoms with Gasteiger partial charge in [-0.2, -0.15) is 21.8 Å². The van der Waals surface area contributed by atoms with Crippen LogP contribution in [0.5, 0.6) is 5.75 Å². The number of ether oxygens (including phenoxy) is 1. The lowest BCUT2D eigenvalue weighted by atomic mass is 10.0. The number of hydrogen-bond acceptors (Lipinski definition) is 8. The van der Waals surface area contributed by atoms with Gasteiger partial charge in [0, 0.05) is 19.3 Å². The number of nitrogens with zero attached hydrogens (tertiary/aromatic N) is 3. The smallest absolute Gasteiger partial charge is 0.226 e. The van der Waals surface area contributed by atoms with Crippen molar-refractivity contribution in [2.75, 3.05) is 24.7 Å². The Hall–Kier alpha value is -1.06. The molecule has 1 aromatic carbocycles. The van der Waals surface area contributed by atoms with Gasteiger partial charge in [0.05, 0.1) is 18.2 Å². The van der Waals surface area contributed by atoms with Crippen LogP contribution in [0.1, 0.15) is 19.3 Å². The molecule has 0 aromatic heterocycles. The van der Waals surface area contributed by atoms with Gasteiger partial charge in [0.25, 0.3) is 0 Å². The van der Waals surface area contributed by atoms with Gasteiger partial charge in [0.2, 0.25) is 11.9 Å². The van der Waals surface area contributed by atoms with Crippen LogP contribution in [0.4, 0.5) is 0 Å². The van der Waals surface area contributed by atoms with E-state index in [1.54, 1.807) is 23.3 Å². The summed E-state index contributed by atoms with van der Waals surface area (Å²) in [6.45, 7) is 0.831. The highest BCUT2D eigenvalue weighted by Gasteiger charge is 2.43. The largest absolute Gasteiger partial charge is 0.492 e. The highest BCUT2D eigenvalue weighted by Crippen LogP contribution is 2.35. The third-order valence-electron chi connectivity index (χ3n) is 4.11. The summed E-state index contributed by atoms with van der Waals surface area (Å²) >= 11 is 14.0. The van der Waals surface area contributed by atoms with Crippen LogP contribution in [-0.4, -0.2) is 47.4 Å². The van der Waals surface area contributed by atoms with E-state index >= 15 is 0 Å². The second kappa shape index (κ2) is 9.93. The summed E-state index contributed by atoms with van der Waals surface area (Å²) in [5.74, 6) is 2.94. The number of thioether (sulfide) groups is 1. The van der Waals surface area contributed by atoms with Gasteiger partial charge < -0.3 is 16.2 Å². The van der Waals surface area contributed by atoms with E-state index in [0.29, 0.717) is 35.4 Å². The molecule has 0 amide bonds. The first-order valence-corrected chi connectivity index (χ1v) is 10.2. The molecule has 1 aromatic rings. The number of guanidine groups is 2. The minimum atomic E-state index is -0.557. The Morgan fingerprint density at radius 1 is 1.19 bits per heavy atom. The molecule has 0 unspecified atom stereocenters. The SMILES string of the molecule is Cl.NC1=NC2(CCSCC2)N(OCCCOc2cccc(Cl)c2Cl)C(N)=N1. The molecule has 2 aliphatic rings. The predicted octanol–water partition coefficient (Wildman–Crippen LogP) is 3.28. The number of benzene rings is 1. The fraction of sp³-hybridized carbons (Fsp3) is 0.500. The lowest BCUT2D eigenvalue weighted by molar-refractivity contribution is -0.171. The molecule has 150 valence electrons. The Bertz CT molecular complexity index is 713. The van der Waals surface area contributed by atoms with Gasteiger partial charge in [-0.05, 0) is 23.6 Å². The van der Waals surface area contributed by atoms with Crippen molar-refractivity contribution in [1.82, 2.24) is 5.06 Å². The Labute approximate surface area is 178 Å². The van der Waals surface area contributed by atoms with E-state index in [-0.39, 0.29) is 24.3 Å². The normalized spacial score (nSPS) is 18.5. The summed E-state index contributed by atoms with van der Waals surface area (Å²) in [5.41, 5.74) is 11.3. The Balaban J connectivity index is 0.00000261. The second-order valence-electron chi connectivity index (χ2n) is 5.92. The molecular formula is C16H22Cl3N5O2S. The van der Waals surface area contributed by atoms with Crippen LogP contribution in [0, 0.1) is 0 Å². The van der Waals surface area contributed by atoms with Gasteiger partial charge in [-0.25, -0.2) is 4.99 Å². The summed E-state index contributed by atoms with van der Waals surface area (Å²) in [6.07, 6.45) is 2.25. The molecule has 0 radical (unpaired) electrons. The maximum atomic E-state index is 6.10. The highest BCUT2D eigenvalue weighted by atomic mass is 35.5. The third-order valence-corrected chi connectivity index (χ3v) is 5.90. The van der Waals surface area contributed by atoms with Crippen LogP contribution in [0.3, 0.4) is 0 Å². The standard InChI is InChI=1S/C16H21Cl2N5O2S.ClH/c17-11-3-1-4-12(13(11)18)24-7-2-8-25-23-15(20)21-14(19)22-16(23)5-9-26-10-6-16;/h1,3-4H,2,5-10H2,(H4,19,20,21,22);1H. The predicted molar refractivity (Wildman–Crippen MR) is 114 cm³/mol. The molecule has 1 spiro atoms. The van der Waals surface area contributed by atoms with E-state index in [9.17, 15) is 0 Å². The van der Waals surface area contributed by atoms with Crippen molar-refractivity contribution in [2.24, 2.45) is 21.5 Å². The molecule has 2 heterocycles. The molecule has 0 bridgehead atoms. The number of aliphatic imine (C=N–C) groups is 2. The molecule has 3 rings (SSSR count). The molecule has 0 saturated carbocycles.